The fraction of sp³-hybridized carbons (Fsp3) is 0.500. The quantitative estimate of drug-likeness (QED) is 0.851. The Bertz CT molecular complexity index is 548. The van der Waals surface area contributed by atoms with Crippen molar-refractivity contribution in [2.45, 2.75) is 39.3 Å². The van der Waals surface area contributed by atoms with Crippen molar-refractivity contribution in [1.82, 2.24) is 20.1 Å². The van der Waals surface area contributed by atoms with Crippen molar-refractivity contribution in [2.75, 3.05) is 13.7 Å². The van der Waals surface area contributed by atoms with Gasteiger partial charge in [-0.15, -0.1) is 0 Å². The second-order valence-corrected chi connectivity index (χ2v) is 5.30. The highest BCUT2D eigenvalue weighted by Crippen LogP contribution is 2.21. The van der Waals surface area contributed by atoms with E-state index in [1.165, 1.54) is 5.56 Å². The lowest BCUT2D eigenvalue weighted by molar-refractivity contribution is 0.414. The van der Waals surface area contributed by atoms with Gasteiger partial charge in [0.1, 0.15) is 17.9 Å². The molecule has 114 valence electrons. The Labute approximate surface area is 126 Å². The van der Waals surface area contributed by atoms with Crippen LogP contribution >= 0.6 is 0 Å². The van der Waals surface area contributed by atoms with Crippen molar-refractivity contribution in [1.29, 1.82) is 0 Å². The zero-order valence-electron chi connectivity index (χ0n) is 13.2. The Balaban J connectivity index is 2.19. The predicted octanol–water partition coefficient (Wildman–Crippen LogP) is 2.76. The van der Waals surface area contributed by atoms with Crippen LogP contribution < -0.4 is 10.1 Å². The van der Waals surface area contributed by atoms with Crippen LogP contribution in [0.25, 0.3) is 0 Å². The lowest BCUT2D eigenvalue weighted by atomic mass is 10.0. The van der Waals surface area contributed by atoms with E-state index >= 15 is 0 Å². The van der Waals surface area contributed by atoms with Crippen molar-refractivity contribution in [3.8, 4) is 5.75 Å². The summed E-state index contributed by atoms with van der Waals surface area (Å²) in [5.74, 6) is 1.88. The normalized spacial score (nSPS) is 12.6. The van der Waals surface area contributed by atoms with Crippen LogP contribution in [0.1, 0.15) is 44.2 Å². The summed E-state index contributed by atoms with van der Waals surface area (Å²) in [6, 6.07) is 8.73. The molecule has 1 unspecified atom stereocenters. The van der Waals surface area contributed by atoms with Gasteiger partial charge in [-0.3, -0.25) is 0 Å². The van der Waals surface area contributed by atoms with Gasteiger partial charge < -0.3 is 10.1 Å². The molecule has 2 rings (SSSR count). The van der Waals surface area contributed by atoms with E-state index in [9.17, 15) is 0 Å². The van der Waals surface area contributed by atoms with E-state index in [4.69, 9.17) is 4.74 Å². The zero-order valence-corrected chi connectivity index (χ0v) is 13.2. The van der Waals surface area contributed by atoms with Crippen LogP contribution in [0.5, 0.6) is 5.75 Å². The number of hydrogen-bond acceptors (Lipinski definition) is 4. The SMILES string of the molecule is CCNC(Cc1ncnn1C(C)C)c1ccc(OC)cc1. The molecule has 1 heterocycles. The van der Waals surface area contributed by atoms with Gasteiger partial charge in [0.15, 0.2) is 0 Å². The molecule has 0 aliphatic carbocycles. The molecule has 0 fully saturated rings. The van der Waals surface area contributed by atoms with Gasteiger partial charge in [-0.05, 0) is 38.1 Å². The molecule has 0 radical (unpaired) electrons. The van der Waals surface area contributed by atoms with Gasteiger partial charge in [-0.1, -0.05) is 19.1 Å². The number of rotatable bonds is 7. The molecule has 5 nitrogen and oxygen atoms in total. The number of nitrogens with zero attached hydrogens (tertiary/aromatic N) is 3. The highest BCUT2D eigenvalue weighted by molar-refractivity contribution is 5.29. The van der Waals surface area contributed by atoms with E-state index in [0.717, 1.165) is 24.5 Å². The van der Waals surface area contributed by atoms with Gasteiger partial charge in [0.05, 0.1) is 7.11 Å². The fourth-order valence-corrected chi connectivity index (χ4v) is 2.42. The topological polar surface area (TPSA) is 52.0 Å². The van der Waals surface area contributed by atoms with Crippen LogP contribution in [0.4, 0.5) is 0 Å². The molecule has 2 aromatic rings. The van der Waals surface area contributed by atoms with Crippen LogP contribution in [0, 0.1) is 0 Å². The number of aromatic nitrogens is 3. The minimum absolute atomic E-state index is 0.225. The van der Waals surface area contributed by atoms with Crippen molar-refractivity contribution in [3.63, 3.8) is 0 Å². The first-order chi connectivity index (χ1) is 10.2. The van der Waals surface area contributed by atoms with Crippen LogP contribution in [0.3, 0.4) is 0 Å². The van der Waals surface area contributed by atoms with E-state index in [1.54, 1.807) is 13.4 Å². The van der Waals surface area contributed by atoms with E-state index < -0.39 is 0 Å². The van der Waals surface area contributed by atoms with Crippen LogP contribution in [-0.4, -0.2) is 28.4 Å². The maximum Gasteiger partial charge on any atom is 0.138 e. The molecule has 0 spiro atoms. The van der Waals surface area contributed by atoms with Crippen LogP contribution in [-0.2, 0) is 6.42 Å². The maximum atomic E-state index is 5.22. The van der Waals surface area contributed by atoms with E-state index in [-0.39, 0.29) is 6.04 Å². The highest BCUT2D eigenvalue weighted by atomic mass is 16.5. The molecular formula is C16H24N4O. The minimum atomic E-state index is 0.225. The summed E-state index contributed by atoms with van der Waals surface area (Å²) < 4.78 is 7.20. The number of benzene rings is 1. The Morgan fingerprint density at radius 3 is 2.52 bits per heavy atom. The molecule has 0 bridgehead atoms. The number of nitrogens with one attached hydrogen (secondary N) is 1. The Kier molecular flexibility index (Phi) is 5.33. The summed E-state index contributed by atoms with van der Waals surface area (Å²) in [6.07, 6.45) is 2.45. The van der Waals surface area contributed by atoms with E-state index in [2.05, 4.69) is 48.3 Å². The fourth-order valence-electron chi connectivity index (χ4n) is 2.42. The Hall–Kier alpha value is -1.88. The summed E-state index contributed by atoms with van der Waals surface area (Å²) in [5.41, 5.74) is 1.23. The molecule has 1 atom stereocenters. The molecule has 1 aromatic heterocycles. The molecule has 0 aliphatic heterocycles. The highest BCUT2D eigenvalue weighted by Gasteiger charge is 2.16. The third-order valence-corrected chi connectivity index (χ3v) is 3.49. The summed E-state index contributed by atoms with van der Waals surface area (Å²) in [4.78, 5) is 4.41. The summed E-state index contributed by atoms with van der Waals surface area (Å²) >= 11 is 0. The molecule has 21 heavy (non-hydrogen) atoms. The molecule has 0 amide bonds. The van der Waals surface area contributed by atoms with Crippen molar-refractivity contribution in [2.24, 2.45) is 0 Å². The number of likely N-dealkylation sites (N-methyl/N-ethyl adjacent to an activating group) is 1. The first-order valence-corrected chi connectivity index (χ1v) is 7.41. The molecular weight excluding hydrogens is 264 g/mol. The molecule has 1 N–H and O–H groups in total. The second kappa shape index (κ2) is 7.22. The van der Waals surface area contributed by atoms with Crippen LogP contribution in [0.2, 0.25) is 0 Å². The molecule has 0 saturated carbocycles. The van der Waals surface area contributed by atoms with Crippen molar-refractivity contribution < 1.29 is 4.74 Å². The van der Waals surface area contributed by atoms with Gasteiger partial charge >= 0.3 is 0 Å². The van der Waals surface area contributed by atoms with Crippen molar-refractivity contribution >= 4 is 0 Å². The summed E-state index contributed by atoms with van der Waals surface area (Å²) in [7, 11) is 1.68. The molecule has 1 aromatic carbocycles. The average Bonchev–Trinajstić information content (AvgIpc) is 2.95. The van der Waals surface area contributed by atoms with Gasteiger partial charge in [0, 0.05) is 18.5 Å². The standard InChI is InChI=1S/C16H24N4O/c1-5-17-15(13-6-8-14(21-4)9-7-13)10-16-18-11-19-20(16)12(2)3/h6-9,11-12,15,17H,5,10H2,1-4H3. The number of ether oxygens (including phenoxy) is 1. The van der Waals surface area contributed by atoms with Crippen LogP contribution in [0.15, 0.2) is 30.6 Å². The first-order valence-electron chi connectivity index (χ1n) is 7.41. The average molecular weight is 288 g/mol. The summed E-state index contributed by atoms with van der Waals surface area (Å²) in [6.45, 7) is 7.26. The van der Waals surface area contributed by atoms with E-state index in [0.29, 0.717) is 6.04 Å². The minimum Gasteiger partial charge on any atom is -0.497 e. The third-order valence-electron chi connectivity index (χ3n) is 3.49. The number of hydrogen-bond donors (Lipinski definition) is 1. The zero-order chi connectivity index (χ0) is 15.2. The number of methoxy groups -OCH3 is 1. The monoisotopic (exact) mass is 288 g/mol. The molecule has 0 aliphatic rings. The third kappa shape index (κ3) is 3.82. The molecule has 5 heteroatoms. The van der Waals surface area contributed by atoms with E-state index in [1.807, 2.05) is 16.8 Å². The smallest absolute Gasteiger partial charge is 0.138 e. The Morgan fingerprint density at radius 1 is 1.24 bits per heavy atom. The predicted molar refractivity (Wildman–Crippen MR) is 83.5 cm³/mol. The van der Waals surface area contributed by atoms with Crippen molar-refractivity contribution in [3.05, 3.63) is 42.0 Å². The van der Waals surface area contributed by atoms with Gasteiger partial charge in [0.25, 0.3) is 0 Å². The first kappa shape index (κ1) is 15.5. The van der Waals surface area contributed by atoms with Gasteiger partial charge in [0.2, 0.25) is 0 Å². The summed E-state index contributed by atoms with van der Waals surface area (Å²) in [5, 5.41) is 7.83. The van der Waals surface area contributed by atoms with Gasteiger partial charge in [-0.2, -0.15) is 5.10 Å². The largest absolute Gasteiger partial charge is 0.497 e. The Morgan fingerprint density at radius 2 is 1.95 bits per heavy atom. The second-order valence-electron chi connectivity index (χ2n) is 5.30. The lowest BCUT2D eigenvalue weighted by Gasteiger charge is -2.19. The molecule has 0 saturated heterocycles. The maximum absolute atomic E-state index is 5.22. The van der Waals surface area contributed by atoms with Gasteiger partial charge in [-0.25, -0.2) is 9.67 Å². The lowest BCUT2D eigenvalue weighted by Crippen LogP contribution is -2.24.